The van der Waals surface area contributed by atoms with Crippen LogP contribution in [0.4, 0.5) is 13.2 Å². The van der Waals surface area contributed by atoms with Crippen molar-refractivity contribution in [2.24, 2.45) is 5.10 Å². The number of furan rings is 1. The van der Waals surface area contributed by atoms with Crippen molar-refractivity contribution in [3.8, 4) is 11.5 Å². The number of hydrogen-bond donors (Lipinski definition) is 1. The Morgan fingerprint density at radius 3 is 2.58 bits per heavy atom. The summed E-state index contributed by atoms with van der Waals surface area (Å²) in [6.45, 7) is 3.91. The van der Waals surface area contributed by atoms with Gasteiger partial charge in [0.2, 0.25) is 0 Å². The number of carbonyl (C=O) groups excluding carboxylic acids is 1. The molecule has 2 aromatic carbocycles. The Morgan fingerprint density at radius 2 is 1.90 bits per heavy atom. The molecule has 1 amide bonds. The highest BCUT2D eigenvalue weighted by Crippen LogP contribution is 2.28. The van der Waals surface area contributed by atoms with Crippen LogP contribution in [0.5, 0.6) is 11.5 Å². The minimum absolute atomic E-state index is 0.0409. The molecule has 0 fully saturated rings. The third-order valence-corrected chi connectivity index (χ3v) is 6.01. The maximum absolute atomic E-state index is 12.9. The molecule has 8 nitrogen and oxygen atoms in total. The van der Waals surface area contributed by atoms with Crippen LogP contribution in [0.1, 0.15) is 57.7 Å². The van der Waals surface area contributed by atoms with E-state index in [-0.39, 0.29) is 18.1 Å². The number of hydrogen-bond acceptors (Lipinski definition) is 6. The number of alkyl halides is 3. The van der Waals surface area contributed by atoms with Gasteiger partial charge in [-0.25, -0.2) is 5.43 Å². The molecule has 2 heterocycles. The number of carbonyl (C=O) groups is 1. The molecule has 0 aliphatic heterocycles. The second-order valence-electron chi connectivity index (χ2n) is 9.05. The van der Waals surface area contributed by atoms with Crippen molar-refractivity contribution in [2.75, 3.05) is 7.11 Å². The fourth-order valence-electron chi connectivity index (χ4n) is 3.92. The Kier molecular flexibility index (Phi) is 8.93. The molecule has 2 aromatic heterocycles. The van der Waals surface area contributed by atoms with Crippen molar-refractivity contribution in [1.82, 2.24) is 15.2 Å². The summed E-state index contributed by atoms with van der Waals surface area (Å²) in [6.07, 6.45) is -0.972. The topological polar surface area (TPSA) is 90.9 Å². The normalized spacial score (nSPS) is 11.7. The quantitative estimate of drug-likeness (QED) is 0.177. The van der Waals surface area contributed by atoms with Gasteiger partial charge >= 0.3 is 12.1 Å². The molecular weight excluding hydrogens is 525 g/mol. The fourth-order valence-corrected chi connectivity index (χ4v) is 3.92. The monoisotopic (exact) mass is 554 g/mol. The summed E-state index contributed by atoms with van der Waals surface area (Å²) >= 11 is 0. The molecule has 4 aromatic rings. The number of ether oxygens (including phenoxy) is 2. The molecule has 1 N–H and O–H groups in total. The smallest absolute Gasteiger partial charge is 0.435 e. The lowest BCUT2D eigenvalue weighted by Gasteiger charge is -2.11. The highest BCUT2D eigenvalue weighted by Gasteiger charge is 2.34. The van der Waals surface area contributed by atoms with Gasteiger partial charge < -0.3 is 13.9 Å². The molecule has 0 atom stereocenters. The van der Waals surface area contributed by atoms with Gasteiger partial charge in [-0.1, -0.05) is 37.6 Å². The summed E-state index contributed by atoms with van der Waals surface area (Å²) in [5.74, 6) is 0.991. The third-order valence-electron chi connectivity index (χ3n) is 6.01. The molecule has 0 bridgehead atoms. The van der Waals surface area contributed by atoms with Crippen molar-refractivity contribution >= 4 is 12.1 Å². The van der Waals surface area contributed by atoms with Crippen LogP contribution in [-0.2, 0) is 25.7 Å². The first-order chi connectivity index (χ1) is 19.2. The summed E-state index contributed by atoms with van der Waals surface area (Å²) < 4.78 is 56.7. The van der Waals surface area contributed by atoms with Crippen molar-refractivity contribution < 1.29 is 31.9 Å². The molecular formula is C29H29F3N4O4. The Morgan fingerprint density at radius 1 is 1.12 bits per heavy atom. The number of rotatable bonds is 11. The number of hydrazone groups is 1. The van der Waals surface area contributed by atoms with Gasteiger partial charge in [0, 0.05) is 11.3 Å². The van der Waals surface area contributed by atoms with Gasteiger partial charge in [0.25, 0.3) is 0 Å². The fraction of sp³-hybridized carbons (Fsp3) is 0.276. The molecule has 11 heteroatoms. The molecule has 0 aliphatic carbocycles. The number of nitrogens with zero attached hydrogens (tertiary/aromatic N) is 3. The molecule has 4 rings (SSSR count). The van der Waals surface area contributed by atoms with E-state index >= 15 is 0 Å². The lowest BCUT2D eigenvalue weighted by atomic mass is 10.1. The SMILES string of the molecule is CCCc1ccc(OCc2ccc(/C=N/NC(=O)c3ccc(Cn4nc(C(F)(F)F)cc4C)o3)cc2OC)cc1. The zero-order chi connectivity index (χ0) is 28.7. The lowest BCUT2D eigenvalue weighted by molar-refractivity contribution is -0.141. The number of benzene rings is 2. The van der Waals surface area contributed by atoms with Crippen molar-refractivity contribution in [3.63, 3.8) is 0 Å². The van der Waals surface area contributed by atoms with Crippen LogP contribution in [0.2, 0.25) is 0 Å². The van der Waals surface area contributed by atoms with E-state index in [1.807, 2.05) is 24.3 Å². The van der Waals surface area contributed by atoms with Gasteiger partial charge in [0.1, 0.15) is 23.9 Å². The first kappa shape index (κ1) is 28.5. The Labute approximate surface area is 229 Å². The standard InChI is InChI=1S/C29H29F3N4O4/c1-4-5-20-7-10-23(11-8-20)39-18-22-9-6-21(15-26(22)38-3)16-33-34-28(37)25-13-12-24(40-25)17-36-19(2)14-27(35-36)29(30,31)32/h6-16H,4-5,17-18H2,1-3H3,(H,34,37)/b33-16+. The van der Waals surface area contributed by atoms with Crippen LogP contribution in [0, 0.1) is 6.92 Å². The van der Waals surface area contributed by atoms with E-state index in [0.29, 0.717) is 23.6 Å². The summed E-state index contributed by atoms with van der Waals surface area (Å²) in [5.41, 5.74) is 4.49. The number of nitrogens with one attached hydrogen (secondary N) is 1. The van der Waals surface area contributed by atoms with Gasteiger partial charge in [0.15, 0.2) is 11.5 Å². The number of halogens is 3. The van der Waals surface area contributed by atoms with Gasteiger partial charge in [-0.2, -0.15) is 23.4 Å². The Hall–Kier alpha value is -4.54. The molecule has 210 valence electrons. The van der Waals surface area contributed by atoms with Crippen molar-refractivity contribution in [1.29, 1.82) is 0 Å². The number of methoxy groups -OCH3 is 1. The maximum atomic E-state index is 12.9. The van der Waals surface area contributed by atoms with Gasteiger partial charge in [-0.15, -0.1) is 0 Å². The summed E-state index contributed by atoms with van der Waals surface area (Å²) in [7, 11) is 1.56. The highest BCUT2D eigenvalue weighted by molar-refractivity contribution is 5.92. The molecule has 40 heavy (non-hydrogen) atoms. The van der Waals surface area contributed by atoms with E-state index in [9.17, 15) is 18.0 Å². The zero-order valence-electron chi connectivity index (χ0n) is 22.3. The van der Waals surface area contributed by atoms with Crippen molar-refractivity contribution in [2.45, 2.75) is 46.0 Å². The Balaban J connectivity index is 1.32. The predicted molar refractivity (Wildman–Crippen MR) is 143 cm³/mol. The van der Waals surface area contributed by atoms with E-state index in [0.717, 1.165) is 34.9 Å². The van der Waals surface area contributed by atoms with E-state index in [1.165, 1.54) is 30.8 Å². The van der Waals surface area contributed by atoms with Crippen LogP contribution in [0.25, 0.3) is 0 Å². The average molecular weight is 555 g/mol. The maximum Gasteiger partial charge on any atom is 0.435 e. The molecule has 0 spiro atoms. The van der Waals surface area contributed by atoms with E-state index in [1.54, 1.807) is 13.2 Å². The molecule has 0 unspecified atom stereocenters. The number of amides is 1. The van der Waals surface area contributed by atoms with E-state index in [2.05, 4.69) is 34.7 Å². The summed E-state index contributed by atoms with van der Waals surface area (Å²) in [5, 5.41) is 7.52. The van der Waals surface area contributed by atoms with E-state index < -0.39 is 17.8 Å². The molecule has 0 radical (unpaired) electrons. The largest absolute Gasteiger partial charge is 0.496 e. The van der Waals surface area contributed by atoms with Crippen LogP contribution in [0.15, 0.2) is 70.2 Å². The second kappa shape index (κ2) is 12.5. The van der Waals surface area contributed by atoms with Gasteiger partial charge in [0.05, 0.1) is 19.9 Å². The minimum atomic E-state index is -4.54. The van der Waals surface area contributed by atoms with Gasteiger partial charge in [-0.3, -0.25) is 9.48 Å². The third kappa shape index (κ3) is 7.31. The van der Waals surface area contributed by atoms with Gasteiger partial charge in [-0.05, 0) is 60.9 Å². The Bertz CT molecular complexity index is 1470. The van der Waals surface area contributed by atoms with Crippen LogP contribution in [0.3, 0.4) is 0 Å². The predicted octanol–water partition coefficient (Wildman–Crippen LogP) is 6.16. The van der Waals surface area contributed by atoms with Crippen LogP contribution in [-0.4, -0.2) is 29.0 Å². The summed E-state index contributed by atoms with van der Waals surface area (Å²) in [4.78, 5) is 12.4. The van der Waals surface area contributed by atoms with Crippen molar-refractivity contribution in [3.05, 3.63) is 100 Å². The van der Waals surface area contributed by atoms with Crippen LogP contribution < -0.4 is 14.9 Å². The minimum Gasteiger partial charge on any atom is -0.496 e. The molecule has 0 saturated carbocycles. The first-order valence-corrected chi connectivity index (χ1v) is 12.6. The highest BCUT2D eigenvalue weighted by atomic mass is 19.4. The van der Waals surface area contributed by atoms with E-state index in [4.69, 9.17) is 13.9 Å². The lowest BCUT2D eigenvalue weighted by Crippen LogP contribution is -2.16. The zero-order valence-corrected chi connectivity index (χ0v) is 22.3. The molecule has 0 aliphatic rings. The van der Waals surface area contributed by atoms with Crippen LogP contribution >= 0.6 is 0 Å². The number of aromatic nitrogens is 2. The number of aryl methyl sites for hydroxylation is 2. The molecule has 0 saturated heterocycles. The summed E-state index contributed by atoms with van der Waals surface area (Å²) in [6, 6.07) is 17.3. The second-order valence-corrected chi connectivity index (χ2v) is 9.05. The average Bonchev–Trinajstić information content (AvgIpc) is 3.55. The first-order valence-electron chi connectivity index (χ1n) is 12.6.